The van der Waals surface area contributed by atoms with E-state index in [9.17, 15) is 30.3 Å². The SMILES string of the molecule is CCCCCCCCC/C=C/CC/C=C/CC/C=C/C(O)C(COC1OC(CO)C(O)C(O)C1O)NC(=O)CCCCCCCCCCCCCCCCCCCCCCCCCCCCCCC. The molecule has 7 atom stereocenters. The van der Waals surface area contributed by atoms with E-state index in [2.05, 4.69) is 43.5 Å². The van der Waals surface area contributed by atoms with Crippen molar-refractivity contribution in [2.24, 2.45) is 0 Å². The van der Waals surface area contributed by atoms with Gasteiger partial charge in [0.15, 0.2) is 6.29 Å². The molecule has 0 aromatic heterocycles. The van der Waals surface area contributed by atoms with E-state index in [0.29, 0.717) is 6.42 Å². The lowest BCUT2D eigenvalue weighted by molar-refractivity contribution is -0.302. The molecule has 1 heterocycles. The highest BCUT2D eigenvalue weighted by molar-refractivity contribution is 5.76. The van der Waals surface area contributed by atoms with Gasteiger partial charge in [0.05, 0.1) is 25.4 Å². The topological polar surface area (TPSA) is 149 Å². The number of aliphatic hydroxyl groups is 5. The maximum absolute atomic E-state index is 13.0. The monoisotopic (exact) mass is 976 g/mol. The Kier molecular flexibility index (Phi) is 47.4. The van der Waals surface area contributed by atoms with Gasteiger partial charge in [-0.2, -0.15) is 0 Å². The fraction of sp³-hybridized carbons (Fsp3) is 0.883. The van der Waals surface area contributed by atoms with Crippen LogP contribution < -0.4 is 5.32 Å². The minimum Gasteiger partial charge on any atom is -0.394 e. The van der Waals surface area contributed by atoms with Crippen LogP contribution in [-0.4, -0.2) is 87.5 Å². The summed E-state index contributed by atoms with van der Waals surface area (Å²) >= 11 is 0. The number of hydrogen-bond acceptors (Lipinski definition) is 8. The molecule has 1 rings (SSSR count). The number of hydrogen-bond donors (Lipinski definition) is 6. The van der Waals surface area contributed by atoms with Gasteiger partial charge < -0.3 is 40.3 Å². The predicted molar refractivity (Wildman–Crippen MR) is 290 cm³/mol. The number of rotatable bonds is 51. The fourth-order valence-electron chi connectivity index (χ4n) is 9.49. The Morgan fingerprint density at radius 2 is 0.826 bits per heavy atom. The van der Waals surface area contributed by atoms with E-state index in [1.165, 1.54) is 218 Å². The van der Waals surface area contributed by atoms with Gasteiger partial charge in [-0.25, -0.2) is 0 Å². The lowest BCUT2D eigenvalue weighted by atomic mass is 9.99. The molecule has 0 saturated carbocycles. The quantitative estimate of drug-likeness (QED) is 0.0261. The van der Waals surface area contributed by atoms with Crippen LogP contribution in [0.25, 0.3) is 0 Å². The minimum absolute atomic E-state index is 0.186. The number of carbonyl (C=O) groups is 1. The summed E-state index contributed by atoms with van der Waals surface area (Å²) in [5.41, 5.74) is 0. The molecule has 7 unspecified atom stereocenters. The van der Waals surface area contributed by atoms with Crippen molar-refractivity contribution in [3.05, 3.63) is 36.5 Å². The van der Waals surface area contributed by atoms with Gasteiger partial charge in [0, 0.05) is 6.42 Å². The van der Waals surface area contributed by atoms with Gasteiger partial charge in [0.25, 0.3) is 0 Å². The Bertz CT molecular complexity index is 1180. The summed E-state index contributed by atoms with van der Waals surface area (Å²) in [6.07, 6.45) is 58.0. The maximum Gasteiger partial charge on any atom is 0.220 e. The molecule has 6 N–H and O–H groups in total. The van der Waals surface area contributed by atoms with E-state index in [-0.39, 0.29) is 12.5 Å². The molecule has 0 spiro atoms. The molecule has 0 aromatic rings. The second-order valence-electron chi connectivity index (χ2n) is 20.8. The van der Waals surface area contributed by atoms with E-state index >= 15 is 0 Å². The molecule has 0 aromatic carbocycles. The highest BCUT2D eigenvalue weighted by Gasteiger charge is 2.44. The minimum atomic E-state index is -1.57. The summed E-state index contributed by atoms with van der Waals surface area (Å²) in [4.78, 5) is 13.0. The normalized spacial score (nSPS) is 19.7. The van der Waals surface area contributed by atoms with Crippen molar-refractivity contribution in [1.29, 1.82) is 0 Å². The molecule has 0 radical (unpaired) electrons. The van der Waals surface area contributed by atoms with E-state index in [1.54, 1.807) is 6.08 Å². The van der Waals surface area contributed by atoms with Gasteiger partial charge in [0.1, 0.15) is 24.4 Å². The summed E-state index contributed by atoms with van der Waals surface area (Å²) < 4.78 is 11.3. The van der Waals surface area contributed by atoms with E-state index in [0.717, 1.165) is 44.9 Å². The average molecular weight is 977 g/mol. The lowest BCUT2D eigenvalue weighted by Crippen LogP contribution is -2.60. The first-order valence-electron chi connectivity index (χ1n) is 29.7. The largest absolute Gasteiger partial charge is 0.394 e. The molecular weight excluding hydrogens is 863 g/mol. The third kappa shape index (κ3) is 39.6. The Labute approximate surface area is 425 Å². The number of unbranched alkanes of at least 4 members (excludes halogenated alkanes) is 37. The van der Waals surface area contributed by atoms with Crippen molar-refractivity contribution in [2.75, 3.05) is 13.2 Å². The van der Waals surface area contributed by atoms with Crippen LogP contribution in [0.4, 0.5) is 0 Å². The molecule has 69 heavy (non-hydrogen) atoms. The maximum atomic E-state index is 13.0. The molecule has 1 amide bonds. The molecule has 1 aliphatic heterocycles. The van der Waals surface area contributed by atoms with E-state index < -0.39 is 49.5 Å². The van der Waals surface area contributed by atoms with Crippen LogP contribution in [0.15, 0.2) is 36.5 Å². The second kappa shape index (κ2) is 50.0. The summed E-state index contributed by atoms with van der Waals surface area (Å²) in [7, 11) is 0. The average Bonchev–Trinajstić information content (AvgIpc) is 3.35. The highest BCUT2D eigenvalue weighted by Crippen LogP contribution is 2.23. The molecule has 9 heteroatoms. The van der Waals surface area contributed by atoms with E-state index in [1.807, 2.05) is 6.08 Å². The van der Waals surface area contributed by atoms with Crippen LogP contribution in [0, 0.1) is 0 Å². The number of allylic oxidation sites excluding steroid dienone is 5. The van der Waals surface area contributed by atoms with Crippen molar-refractivity contribution in [2.45, 2.75) is 326 Å². The molecular formula is C60H113NO8. The molecule has 0 bridgehead atoms. The van der Waals surface area contributed by atoms with Crippen molar-refractivity contribution in [3.63, 3.8) is 0 Å². The number of ether oxygens (including phenoxy) is 2. The third-order valence-electron chi connectivity index (χ3n) is 14.2. The predicted octanol–water partition coefficient (Wildman–Crippen LogP) is 14.7. The molecule has 0 aliphatic carbocycles. The van der Waals surface area contributed by atoms with Crippen molar-refractivity contribution >= 4 is 5.91 Å². The highest BCUT2D eigenvalue weighted by atomic mass is 16.7. The zero-order chi connectivity index (χ0) is 50.1. The van der Waals surface area contributed by atoms with Crippen LogP contribution >= 0.6 is 0 Å². The number of amides is 1. The van der Waals surface area contributed by atoms with Gasteiger partial charge in [0.2, 0.25) is 5.91 Å². The van der Waals surface area contributed by atoms with Gasteiger partial charge in [-0.3, -0.25) is 4.79 Å². The Balaban J connectivity index is 2.18. The van der Waals surface area contributed by atoms with Gasteiger partial charge >= 0.3 is 0 Å². The second-order valence-corrected chi connectivity index (χ2v) is 20.8. The van der Waals surface area contributed by atoms with Crippen molar-refractivity contribution in [3.8, 4) is 0 Å². The molecule has 406 valence electrons. The van der Waals surface area contributed by atoms with Crippen LogP contribution in [0.2, 0.25) is 0 Å². The first-order chi connectivity index (χ1) is 33.8. The standard InChI is InChI=1S/C60H113NO8/c1-3-5-7-9-11-13-15-17-19-21-22-23-24-25-26-27-28-29-30-31-32-34-36-38-40-42-44-46-48-50-56(64)61-53(52-68-60-59(67)58(66)57(65)55(51-62)69-60)54(63)49-47-45-43-41-39-37-35-33-20-18-16-14-12-10-8-6-4-2/h20,33,39,41,47,49,53-55,57-60,62-63,65-67H,3-19,21-32,34-38,40,42-46,48,50-52H2,1-2H3,(H,61,64)/b33-20+,41-39+,49-47+. The number of carbonyl (C=O) groups excluding carboxylic acids is 1. The Morgan fingerprint density at radius 3 is 1.22 bits per heavy atom. The lowest BCUT2D eigenvalue weighted by Gasteiger charge is -2.40. The fourth-order valence-corrected chi connectivity index (χ4v) is 9.49. The first-order valence-corrected chi connectivity index (χ1v) is 29.7. The van der Waals surface area contributed by atoms with E-state index in [4.69, 9.17) is 9.47 Å². The molecule has 1 aliphatic rings. The van der Waals surface area contributed by atoms with Crippen LogP contribution in [0.5, 0.6) is 0 Å². The van der Waals surface area contributed by atoms with Crippen LogP contribution in [0.1, 0.15) is 284 Å². The zero-order valence-corrected chi connectivity index (χ0v) is 45.1. The van der Waals surface area contributed by atoms with Crippen molar-refractivity contribution in [1.82, 2.24) is 5.32 Å². The van der Waals surface area contributed by atoms with Gasteiger partial charge in [-0.15, -0.1) is 0 Å². The number of nitrogens with one attached hydrogen (secondary N) is 1. The smallest absolute Gasteiger partial charge is 0.220 e. The van der Waals surface area contributed by atoms with Crippen LogP contribution in [0.3, 0.4) is 0 Å². The third-order valence-corrected chi connectivity index (χ3v) is 14.2. The zero-order valence-electron chi connectivity index (χ0n) is 45.1. The van der Waals surface area contributed by atoms with Gasteiger partial charge in [-0.05, 0) is 44.9 Å². The van der Waals surface area contributed by atoms with Crippen molar-refractivity contribution < 1.29 is 39.8 Å². The number of aliphatic hydroxyl groups excluding tert-OH is 5. The Hall–Kier alpha value is -1.59. The molecule has 1 fully saturated rings. The first kappa shape index (κ1) is 65.4. The Morgan fingerprint density at radius 1 is 0.478 bits per heavy atom. The molecule has 9 nitrogen and oxygen atoms in total. The van der Waals surface area contributed by atoms with Crippen LogP contribution in [-0.2, 0) is 14.3 Å². The summed E-state index contributed by atoms with van der Waals surface area (Å²) in [5.74, 6) is -0.186. The summed E-state index contributed by atoms with van der Waals surface area (Å²) in [6.45, 7) is 3.78. The summed E-state index contributed by atoms with van der Waals surface area (Å²) in [6, 6.07) is -0.826. The molecule has 1 saturated heterocycles. The summed E-state index contributed by atoms with van der Waals surface area (Å²) in [5, 5.41) is 54.4. The van der Waals surface area contributed by atoms with Gasteiger partial charge in [-0.1, -0.05) is 269 Å².